The Kier molecular flexibility index (Phi) is 4.83. The van der Waals surface area contributed by atoms with Gasteiger partial charge in [-0.05, 0) is 45.3 Å². The van der Waals surface area contributed by atoms with Gasteiger partial charge in [0.1, 0.15) is 0 Å². The van der Waals surface area contributed by atoms with Crippen molar-refractivity contribution in [1.29, 1.82) is 0 Å². The number of alkyl halides is 3. The molecular weight excluding hydrogens is 358 g/mol. The summed E-state index contributed by atoms with van der Waals surface area (Å²) in [6.07, 6.45) is -4.84. The molecule has 5 nitrogen and oxygen atoms in total. The first-order valence-corrected chi connectivity index (χ1v) is 9.03. The van der Waals surface area contributed by atoms with Gasteiger partial charge in [-0.3, -0.25) is 0 Å². The van der Waals surface area contributed by atoms with Crippen molar-refractivity contribution in [3.63, 3.8) is 0 Å². The molecule has 140 valence electrons. The van der Waals surface area contributed by atoms with E-state index < -0.39 is 45.0 Å². The second-order valence-electron chi connectivity index (χ2n) is 7.13. The molecule has 1 fully saturated rings. The average Bonchev–Trinajstić information content (AvgIpc) is 2.65. The monoisotopic (exact) mass is 379 g/mol. The molecule has 1 heterocycles. The highest BCUT2D eigenvalue weighted by molar-refractivity contribution is 7.89. The normalized spacial score (nSPS) is 20.3. The summed E-state index contributed by atoms with van der Waals surface area (Å²) in [6, 6.07) is 3.00. The van der Waals surface area contributed by atoms with Crippen molar-refractivity contribution in [3.8, 4) is 0 Å². The maximum absolute atomic E-state index is 13.4. The largest absolute Gasteiger partial charge is 0.494 e. The Bertz CT molecular complexity index is 759. The van der Waals surface area contributed by atoms with Crippen LogP contribution in [-0.2, 0) is 25.5 Å². The van der Waals surface area contributed by atoms with Crippen molar-refractivity contribution >= 4 is 22.6 Å². The summed E-state index contributed by atoms with van der Waals surface area (Å²) in [6.45, 7) is 7.12. The van der Waals surface area contributed by atoms with Gasteiger partial charge in [0.2, 0.25) is 10.0 Å². The molecule has 0 aromatic heterocycles. The van der Waals surface area contributed by atoms with Crippen LogP contribution in [0.4, 0.5) is 13.2 Å². The van der Waals surface area contributed by atoms with E-state index in [0.717, 1.165) is 16.4 Å². The van der Waals surface area contributed by atoms with Gasteiger partial charge in [-0.15, -0.1) is 0 Å². The van der Waals surface area contributed by atoms with E-state index in [9.17, 15) is 21.6 Å². The summed E-state index contributed by atoms with van der Waals surface area (Å²) >= 11 is 0. The summed E-state index contributed by atoms with van der Waals surface area (Å²) < 4.78 is 77.0. The van der Waals surface area contributed by atoms with Crippen molar-refractivity contribution in [2.45, 2.75) is 50.0 Å². The van der Waals surface area contributed by atoms with Gasteiger partial charge in [0, 0.05) is 14.1 Å². The van der Waals surface area contributed by atoms with E-state index in [0.29, 0.717) is 0 Å². The molecule has 0 bridgehead atoms. The highest BCUT2D eigenvalue weighted by Gasteiger charge is 2.52. The summed E-state index contributed by atoms with van der Waals surface area (Å²) in [5.41, 5.74) is -2.56. The van der Waals surface area contributed by atoms with Crippen LogP contribution >= 0.6 is 0 Å². The van der Waals surface area contributed by atoms with E-state index in [4.69, 9.17) is 9.31 Å². The van der Waals surface area contributed by atoms with Gasteiger partial charge in [-0.25, -0.2) is 12.7 Å². The molecule has 0 saturated carbocycles. The van der Waals surface area contributed by atoms with E-state index in [1.807, 2.05) is 0 Å². The first-order valence-electron chi connectivity index (χ1n) is 7.59. The Hall–Kier alpha value is -1.10. The SMILES string of the molecule is CN(C)S(=O)(=O)c1ccc(B2OC(C)(C)C(C)(C)O2)cc1C(F)(F)F. The Morgan fingerprint density at radius 2 is 1.52 bits per heavy atom. The average molecular weight is 379 g/mol. The Morgan fingerprint density at radius 3 is 1.92 bits per heavy atom. The van der Waals surface area contributed by atoms with Gasteiger partial charge < -0.3 is 9.31 Å². The lowest BCUT2D eigenvalue weighted by Crippen LogP contribution is -2.41. The molecule has 0 amide bonds. The summed E-state index contributed by atoms with van der Waals surface area (Å²) in [7, 11) is -2.90. The molecule has 1 aliphatic heterocycles. The van der Waals surface area contributed by atoms with E-state index in [1.165, 1.54) is 20.2 Å². The molecule has 2 rings (SSSR count). The Labute approximate surface area is 146 Å². The third-order valence-corrected chi connectivity index (χ3v) is 6.47. The molecule has 0 unspecified atom stereocenters. The van der Waals surface area contributed by atoms with Crippen LogP contribution in [0.5, 0.6) is 0 Å². The first kappa shape index (κ1) is 20.2. The molecular formula is C15H21BF3NO4S. The Morgan fingerprint density at radius 1 is 1.04 bits per heavy atom. The second-order valence-corrected chi connectivity index (χ2v) is 9.25. The minimum atomic E-state index is -4.84. The van der Waals surface area contributed by atoms with Crippen LogP contribution in [0.3, 0.4) is 0 Å². The molecule has 1 saturated heterocycles. The van der Waals surface area contributed by atoms with Crippen LogP contribution < -0.4 is 5.46 Å². The van der Waals surface area contributed by atoms with Crippen molar-refractivity contribution in [1.82, 2.24) is 4.31 Å². The summed E-state index contributed by atoms with van der Waals surface area (Å²) in [5.74, 6) is 0. The van der Waals surface area contributed by atoms with Crippen LogP contribution in [0.25, 0.3) is 0 Å². The quantitative estimate of drug-likeness (QED) is 0.757. The van der Waals surface area contributed by atoms with Crippen molar-refractivity contribution in [2.24, 2.45) is 0 Å². The minimum Gasteiger partial charge on any atom is -0.399 e. The van der Waals surface area contributed by atoms with Crippen molar-refractivity contribution in [2.75, 3.05) is 14.1 Å². The molecule has 1 aliphatic rings. The first-order chi connectivity index (χ1) is 11.1. The van der Waals surface area contributed by atoms with Crippen LogP contribution in [0.1, 0.15) is 33.3 Å². The van der Waals surface area contributed by atoms with E-state index in [-0.39, 0.29) is 5.46 Å². The fourth-order valence-corrected chi connectivity index (χ4v) is 3.40. The van der Waals surface area contributed by atoms with Gasteiger partial charge in [-0.1, -0.05) is 6.07 Å². The summed E-state index contributed by atoms with van der Waals surface area (Å²) in [4.78, 5) is -0.801. The highest BCUT2D eigenvalue weighted by Crippen LogP contribution is 2.38. The lowest BCUT2D eigenvalue weighted by Gasteiger charge is -2.32. The van der Waals surface area contributed by atoms with Crippen molar-refractivity contribution in [3.05, 3.63) is 23.8 Å². The molecule has 1 aromatic carbocycles. The molecule has 0 atom stereocenters. The molecule has 25 heavy (non-hydrogen) atoms. The lowest BCUT2D eigenvalue weighted by atomic mass is 9.78. The zero-order valence-corrected chi connectivity index (χ0v) is 15.7. The molecule has 0 spiro atoms. The molecule has 10 heteroatoms. The van der Waals surface area contributed by atoms with Crippen LogP contribution in [0.2, 0.25) is 0 Å². The Balaban J connectivity index is 2.56. The third-order valence-electron chi connectivity index (χ3n) is 4.59. The number of sulfonamides is 1. The number of hydrogen-bond acceptors (Lipinski definition) is 4. The number of benzene rings is 1. The lowest BCUT2D eigenvalue weighted by molar-refractivity contribution is -0.139. The molecule has 0 radical (unpaired) electrons. The van der Waals surface area contributed by atoms with E-state index >= 15 is 0 Å². The van der Waals surface area contributed by atoms with Gasteiger partial charge in [-0.2, -0.15) is 13.2 Å². The number of nitrogens with zero attached hydrogens (tertiary/aromatic N) is 1. The predicted octanol–water partition coefficient (Wildman–Crippen LogP) is 2.25. The number of halogens is 3. The zero-order valence-electron chi connectivity index (χ0n) is 14.9. The molecule has 1 aromatic rings. The standard InChI is InChI=1S/C15H21BF3NO4S/c1-13(2)14(3,4)24-16(23-13)10-7-8-12(25(21,22)20(5)6)11(9-10)15(17,18)19/h7-9H,1-6H3. The van der Waals surface area contributed by atoms with Crippen LogP contribution in [0, 0.1) is 0 Å². The van der Waals surface area contributed by atoms with Crippen LogP contribution in [0.15, 0.2) is 23.1 Å². The van der Waals surface area contributed by atoms with Gasteiger partial charge >= 0.3 is 13.3 Å². The maximum atomic E-state index is 13.4. The maximum Gasteiger partial charge on any atom is 0.494 e. The van der Waals surface area contributed by atoms with Crippen LogP contribution in [-0.4, -0.2) is 45.1 Å². The minimum absolute atomic E-state index is 0.115. The second kappa shape index (κ2) is 5.97. The smallest absolute Gasteiger partial charge is 0.399 e. The number of hydrogen-bond donors (Lipinski definition) is 0. The topological polar surface area (TPSA) is 55.8 Å². The fourth-order valence-electron chi connectivity index (χ4n) is 2.32. The van der Waals surface area contributed by atoms with Gasteiger partial charge in [0.25, 0.3) is 0 Å². The van der Waals surface area contributed by atoms with Crippen molar-refractivity contribution < 1.29 is 30.9 Å². The van der Waals surface area contributed by atoms with E-state index in [2.05, 4.69) is 0 Å². The molecule has 0 N–H and O–H groups in total. The number of rotatable bonds is 3. The zero-order chi connectivity index (χ0) is 19.4. The predicted molar refractivity (Wildman–Crippen MR) is 88.0 cm³/mol. The highest BCUT2D eigenvalue weighted by atomic mass is 32.2. The third kappa shape index (κ3) is 3.58. The fraction of sp³-hybridized carbons (Fsp3) is 0.600. The van der Waals surface area contributed by atoms with E-state index in [1.54, 1.807) is 27.7 Å². The van der Waals surface area contributed by atoms with Gasteiger partial charge in [0.05, 0.1) is 21.7 Å². The summed E-state index contributed by atoms with van der Waals surface area (Å²) in [5, 5.41) is 0. The molecule has 0 aliphatic carbocycles. The van der Waals surface area contributed by atoms with Gasteiger partial charge in [0.15, 0.2) is 0 Å².